The largest absolute Gasteiger partial charge is 0.385 e. The van der Waals surface area contributed by atoms with Gasteiger partial charge in [0.25, 0.3) is 0 Å². The van der Waals surface area contributed by atoms with Gasteiger partial charge in [-0.05, 0) is 73.7 Å². The number of hydrogen-bond acceptors (Lipinski definition) is 2. The third-order valence-electron chi connectivity index (χ3n) is 7.08. The summed E-state index contributed by atoms with van der Waals surface area (Å²) in [4.78, 5) is 12.5. The maximum absolute atomic E-state index is 12.5. The van der Waals surface area contributed by atoms with E-state index in [1.807, 2.05) is 6.92 Å². The zero-order valence-corrected chi connectivity index (χ0v) is 14.9. The lowest BCUT2D eigenvalue weighted by molar-refractivity contribution is -0.117. The van der Waals surface area contributed by atoms with Crippen LogP contribution in [0.4, 0.5) is 0 Å². The van der Waals surface area contributed by atoms with Crippen molar-refractivity contribution in [1.82, 2.24) is 0 Å². The van der Waals surface area contributed by atoms with Crippen LogP contribution in [0.1, 0.15) is 73.1 Å². The molecule has 124 valence electrons. The molecule has 1 saturated carbocycles. The van der Waals surface area contributed by atoms with E-state index in [0.717, 1.165) is 41.7 Å². The summed E-state index contributed by atoms with van der Waals surface area (Å²) in [6.45, 7) is 11.2. The molecule has 0 heterocycles. The predicted octanol–water partition coefficient (Wildman–Crippen LogP) is 4.52. The number of Topliss-reactive ketones (excluding diaryl/α,β-unsaturated/α-hetero) is 1. The normalized spacial score (nSPS) is 45.8. The fourth-order valence-electron chi connectivity index (χ4n) is 5.79. The second-order valence-electron chi connectivity index (χ2n) is 9.13. The topological polar surface area (TPSA) is 37.3 Å². The number of aliphatic hydroxyl groups is 1. The van der Waals surface area contributed by atoms with Crippen molar-refractivity contribution >= 4 is 5.78 Å². The Bertz CT molecular complexity index is 514. The molecule has 2 nitrogen and oxygen atoms in total. The highest BCUT2D eigenvalue weighted by molar-refractivity contribution is 6.00. The smallest absolute Gasteiger partial charge is 0.162 e. The Morgan fingerprint density at radius 1 is 1.14 bits per heavy atom. The molecule has 1 fully saturated rings. The minimum Gasteiger partial charge on any atom is -0.385 e. The Balaban J connectivity index is 2.01. The molecular formula is C20H32O2. The van der Waals surface area contributed by atoms with E-state index in [4.69, 9.17) is 0 Å². The Labute approximate surface area is 135 Å². The SMILES string of the molecule is CC(C)[C@H]1CC[C@]2(C)CC3=C(C(=O)C[C@]3(C)O)[C@@H](C)CC[C@@H]12. The van der Waals surface area contributed by atoms with Gasteiger partial charge in [-0.15, -0.1) is 0 Å². The molecule has 0 bridgehead atoms. The van der Waals surface area contributed by atoms with Crippen LogP contribution in [-0.4, -0.2) is 16.5 Å². The molecule has 0 amide bonds. The molecule has 0 aromatic heterocycles. The first-order chi connectivity index (χ1) is 10.2. The number of rotatable bonds is 1. The summed E-state index contributed by atoms with van der Waals surface area (Å²) < 4.78 is 0. The monoisotopic (exact) mass is 304 g/mol. The molecule has 1 N–H and O–H groups in total. The van der Waals surface area contributed by atoms with Gasteiger partial charge in [-0.3, -0.25) is 4.79 Å². The van der Waals surface area contributed by atoms with E-state index in [0.29, 0.717) is 12.3 Å². The van der Waals surface area contributed by atoms with Gasteiger partial charge in [0.15, 0.2) is 5.78 Å². The molecular weight excluding hydrogens is 272 g/mol. The van der Waals surface area contributed by atoms with Crippen molar-refractivity contribution in [3.63, 3.8) is 0 Å². The standard InChI is InChI=1S/C20H32O2/c1-12(2)14-8-9-19(4)10-16-18(13(3)6-7-15(14)19)17(21)11-20(16,5)22/h12-15,22H,6-11H2,1-5H3/t13-,14+,15-,19+,20-/m0/s1. The van der Waals surface area contributed by atoms with E-state index < -0.39 is 5.60 Å². The lowest BCUT2D eigenvalue weighted by Crippen LogP contribution is -2.34. The van der Waals surface area contributed by atoms with Crippen LogP contribution in [0.3, 0.4) is 0 Å². The van der Waals surface area contributed by atoms with Crippen LogP contribution in [0.2, 0.25) is 0 Å². The zero-order chi connectivity index (χ0) is 16.3. The minimum absolute atomic E-state index is 0.202. The summed E-state index contributed by atoms with van der Waals surface area (Å²) in [6, 6.07) is 0. The Morgan fingerprint density at radius 2 is 1.82 bits per heavy atom. The molecule has 0 unspecified atom stereocenters. The predicted molar refractivity (Wildman–Crippen MR) is 89.4 cm³/mol. The van der Waals surface area contributed by atoms with Crippen LogP contribution in [0, 0.1) is 29.1 Å². The van der Waals surface area contributed by atoms with Crippen molar-refractivity contribution in [2.45, 2.75) is 78.7 Å². The molecule has 0 radical (unpaired) electrons. The average molecular weight is 304 g/mol. The van der Waals surface area contributed by atoms with Crippen LogP contribution in [-0.2, 0) is 4.79 Å². The van der Waals surface area contributed by atoms with E-state index in [9.17, 15) is 9.90 Å². The molecule has 0 aromatic rings. The van der Waals surface area contributed by atoms with E-state index in [1.54, 1.807) is 0 Å². The molecule has 0 spiro atoms. The lowest BCUT2D eigenvalue weighted by atomic mass is 9.65. The van der Waals surface area contributed by atoms with Crippen molar-refractivity contribution in [3.05, 3.63) is 11.1 Å². The van der Waals surface area contributed by atoms with Gasteiger partial charge >= 0.3 is 0 Å². The number of allylic oxidation sites excluding steroid dienone is 1. The Hall–Kier alpha value is -0.630. The second-order valence-corrected chi connectivity index (χ2v) is 9.13. The third-order valence-corrected chi connectivity index (χ3v) is 7.08. The summed E-state index contributed by atoms with van der Waals surface area (Å²) in [5.41, 5.74) is 1.44. The van der Waals surface area contributed by atoms with Crippen molar-refractivity contribution in [1.29, 1.82) is 0 Å². The van der Waals surface area contributed by atoms with E-state index in [1.165, 1.54) is 19.3 Å². The van der Waals surface area contributed by atoms with Crippen molar-refractivity contribution in [3.8, 4) is 0 Å². The number of carbonyl (C=O) groups excluding carboxylic acids is 1. The van der Waals surface area contributed by atoms with Gasteiger partial charge in [-0.2, -0.15) is 0 Å². The Kier molecular flexibility index (Phi) is 3.83. The first-order valence-electron chi connectivity index (χ1n) is 9.15. The molecule has 3 aliphatic rings. The van der Waals surface area contributed by atoms with Crippen LogP contribution in [0.5, 0.6) is 0 Å². The fraction of sp³-hybridized carbons (Fsp3) is 0.850. The summed E-state index contributed by atoms with van der Waals surface area (Å²) in [5, 5.41) is 10.8. The van der Waals surface area contributed by atoms with Crippen molar-refractivity contribution in [2.24, 2.45) is 29.1 Å². The zero-order valence-electron chi connectivity index (χ0n) is 14.9. The van der Waals surface area contributed by atoms with Crippen LogP contribution in [0.15, 0.2) is 11.1 Å². The number of hydrogen-bond donors (Lipinski definition) is 1. The van der Waals surface area contributed by atoms with E-state index >= 15 is 0 Å². The van der Waals surface area contributed by atoms with Crippen LogP contribution >= 0.6 is 0 Å². The first kappa shape index (κ1) is 16.2. The fourth-order valence-corrected chi connectivity index (χ4v) is 5.79. The second kappa shape index (κ2) is 5.19. The maximum Gasteiger partial charge on any atom is 0.162 e. The lowest BCUT2D eigenvalue weighted by Gasteiger charge is -2.40. The molecule has 22 heavy (non-hydrogen) atoms. The summed E-state index contributed by atoms with van der Waals surface area (Å²) in [5.74, 6) is 2.81. The first-order valence-corrected chi connectivity index (χ1v) is 9.15. The van der Waals surface area contributed by atoms with E-state index in [2.05, 4.69) is 27.7 Å². The molecule has 0 aromatic carbocycles. The number of ketones is 1. The molecule has 2 heteroatoms. The van der Waals surface area contributed by atoms with Crippen LogP contribution < -0.4 is 0 Å². The quantitative estimate of drug-likeness (QED) is 0.773. The molecule has 5 atom stereocenters. The minimum atomic E-state index is -0.901. The van der Waals surface area contributed by atoms with Gasteiger partial charge in [0.05, 0.1) is 5.60 Å². The van der Waals surface area contributed by atoms with Crippen molar-refractivity contribution in [2.75, 3.05) is 0 Å². The van der Waals surface area contributed by atoms with Gasteiger partial charge in [0.1, 0.15) is 0 Å². The maximum atomic E-state index is 12.5. The summed E-state index contributed by atoms with van der Waals surface area (Å²) in [6.07, 6.45) is 6.13. The third kappa shape index (κ3) is 2.38. The summed E-state index contributed by atoms with van der Waals surface area (Å²) in [7, 11) is 0. The van der Waals surface area contributed by atoms with Gasteiger partial charge < -0.3 is 5.11 Å². The average Bonchev–Trinajstić information content (AvgIpc) is 2.80. The van der Waals surface area contributed by atoms with E-state index in [-0.39, 0.29) is 11.2 Å². The van der Waals surface area contributed by atoms with Gasteiger partial charge in [-0.25, -0.2) is 0 Å². The highest BCUT2D eigenvalue weighted by atomic mass is 16.3. The number of fused-ring (bicyclic) bond motifs is 1. The number of carbonyl (C=O) groups is 1. The molecule has 0 aliphatic heterocycles. The highest BCUT2D eigenvalue weighted by Gasteiger charge is 2.51. The highest BCUT2D eigenvalue weighted by Crippen LogP contribution is 2.58. The Morgan fingerprint density at radius 3 is 2.45 bits per heavy atom. The van der Waals surface area contributed by atoms with Crippen LogP contribution in [0.25, 0.3) is 0 Å². The van der Waals surface area contributed by atoms with Crippen molar-refractivity contribution < 1.29 is 9.90 Å². The molecule has 0 saturated heterocycles. The van der Waals surface area contributed by atoms with Gasteiger partial charge in [-0.1, -0.05) is 27.7 Å². The summed E-state index contributed by atoms with van der Waals surface area (Å²) >= 11 is 0. The van der Waals surface area contributed by atoms with Gasteiger partial charge in [0, 0.05) is 12.0 Å². The van der Waals surface area contributed by atoms with Gasteiger partial charge in [0.2, 0.25) is 0 Å². The molecule has 3 rings (SSSR count). The molecule has 3 aliphatic carbocycles.